The minimum atomic E-state index is 0.625. The predicted molar refractivity (Wildman–Crippen MR) is 62.4 cm³/mol. The van der Waals surface area contributed by atoms with Gasteiger partial charge in [0.1, 0.15) is 5.82 Å². The van der Waals surface area contributed by atoms with Gasteiger partial charge in [-0.2, -0.15) is 0 Å². The van der Waals surface area contributed by atoms with Gasteiger partial charge in [-0.15, -0.1) is 11.7 Å². The van der Waals surface area contributed by atoms with Crippen LogP contribution < -0.4 is 5.32 Å². The molecule has 0 aromatic carbocycles. The number of hydrogen-bond donors (Lipinski definition) is 2. The van der Waals surface area contributed by atoms with Crippen molar-refractivity contribution in [3.05, 3.63) is 18.3 Å². The zero-order valence-electron chi connectivity index (χ0n) is 7.82. The summed E-state index contributed by atoms with van der Waals surface area (Å²) in [5.41, 5.74) is 0. The van der Waals surface area contributed by atoms with E-state index in [0.717, 1.165) is 17.3 Å². The molecule has 0 amide bonds. The maximum atomic E-state index is 4.24. The van der Waals surface area contributed by atoms with Gasteiger partial charge in [0, 0.05) is 12.7 Å². The van der Waals surface area contributed by atoms with Crippen LogP contribution in [0.1, 0.15) is 13.8 Å². The molecule has 4 heteroatoms. The molecule has 0 aliphatic heterocycles. The highest BCUT2D eigenvalue weighted by atomic mass is 33.1. The lowest BCUT2D eigenvalue weighted by atomic mass is 10.2. The number of aromatic nitrogens is 1. The van der Waals surface area contributed by atoms with E-state index in [1.807, 2.05) is 12.1 Å². The van der Waals surface area contributed by atoms with E-state index in [4.69, 9.17) is 0 Å². The van der Waals surface area contributed by atoms with E-state index in [1.165, 1.54) is 10.8 Å². The summed E-state index contributed by atoms with van der Waals surface area (Å²) in [7, 11) is 1.42. The summed E-state index contributed by atoms with van der Waals surface area (Å²) in [6.07, 6.45) is 1.79. The van der Waals surface area contributed by atoms with E-state index in [-0.39, 0.29) is 0 Å². The minimum absolute atomic E-state index is 0.625. The van der Waals surface area contributed by atoms with Crippen LogP contribution in [0, 0.1) is 5.92 Å². The van der Waals surface area contributed by atoms with Gasteiger partial charge in [-0.05, 0) is 18.1 Å². The zero-order chi connectivity index (χ0) is 9.68. The van der Waals surface area contributed by atoms with E-state index >= 15 is 0 Å². The summed E-state index contributed by atoms with van der Waals surface area (Å²) >= 11 is 4.16. The minimum Gasteiger partial charge on any atom is -0.369 e. The van der Waals surface area contributed by atoms with Crippen LogP contribution in [-0.4, -0.2) is 11.5 Å². The Bertz CT molecular complexity index is 264. The van der Waals surface area contributed by atoms with Gasteiger partial charge in [-0.3, -0.25) is 0 Å². The van der Waals surface area contributed by atoms with Crippen LogP contribution in [0.2, 0.25) is 0 Å². The van der Waals surface area contributed by atoms with E-state index < -0.39 is 0 Å². The van der Waals surface area contributed by atoms with Crippen molar-refractivity contribution in [1.29, 1.82) is 0 Å². The Morgan fingerprint density at radius 2 is 2.38 bits per heavy atom. The second-order valence-electron chi connectivity index (χ2n) is 3.22. The molecule has 0 atom stereocenters. The first-order chi connectivity index (χ1) is 6.24. The fourth-order valence-electron chi connectivity index (χ4n) is 0.898. The van der Waals surface area contributed by atoms with Gasteiger partial charge in [-0.1, -0.05) is 24.6 Å². The monoisotopic (exact) mass is 214 g/mol. The molecule has 0 saturated heterocycles. The van der Waals surface area contributed by atoms with Crippen molar-refractivity contribution >= 4 is 28.3 Å². The predicted octanol–water partition coefficient (Wildman–Crippen LogP) is 3.09. The average molecular weight is 214 g/mol. The maximum Gasteiger partial charge on any atom is 0.140 e. The average Bonchev–Trinajstić information content (AvgIpc) is 2.15. The summed E-state index contributed by atoms with van der Waals surface area (Å²) in [5.74, 6) is 1.55. The molecule has 0 fully saturated rings. The standard InChI is InChI=1S/C9H14N2S2/c1-7(2)6-11-9-8(13-12)4-3-5-10-9/h3-5,7,12H,6H2,1-2H3,(H,10,11). The quantitative estimate of drug-likeness (QED) is 0.595. The van der Waals surface area contributed by atoms with E-state index in [2.05, 4.69) is 35.8 Å². The first-order valence-electron chi connectivity index (χ1n) is 4.24. The number of pyridine rings is 1. The third-order valence-electron chi connectivity index (χ3n) is 1.55. The lowest BCUT2D eigenvalue weighted by Gasteiger charge is -2.10. The Kier molecular flexibility index (Phi) is 4.45. The molecule has 0 unspecified atom stereocenters. The fourth-order valence-corrected chi connectivity index (χ4v) is 1.69. The second kappa shape index (κ2) is 5.40. The largest absolute Gasteiger partial charge is 0.369 e. The number of rotatable bonds is 4. The number of thiol groups is 1. The van der Waals surface area contributed by atoms with Gasteiger partial charge < -0.3 is 5.32 Å². The van der Waals surface area contributed by atoms with Crippen molar-refractivity contribution in [2.24, 2.45) is 5.92 Å². The summed E-state index contributed by atoms with van der Waals surface area (Å²) in [4.78, 5) is 5.32. The van der Waals surface area contributed by atoms with E-state index in [1.54, 1.807) is 6.20 Å². The highest BCUT2D eigenvalue weighted by Crippen LogP contribution is 2.27. The first kappa shape index (κ1) is 10.7. The Hall–Kier alpha value is -0.350. The van der Waals surface area contributed by atoms with Crippen molar-refractivity contribution in [2.75, 3.05) is 11.9 Å². The molecule has 1 aromatic heterocycles. The summed E-state index contributed by atoms with van der Waals surface area (Å²) in [5, 5.41) is 3.28. The van der Waals surface area contributed by atoms with Crippen LogP contribution in [0.5, 0.6) is 0 Å². The molecule has 0 aliphatic carbocycles. The molecule has 1 heterocycles. The highest BCUT2D eigenvalue weighted by molar-refractivity contribution is 8.68. The molecule has 72 valence electrons. The van der Waals surface area contributed by atoms with Crippen molar-refractivity contribution in [1.82, 2.24) is 4.98 Å². The molecule has 0 saturated carbocycles. The highest BCUT2D eigenvalue weighted by Gasteiger charge is 2.01. The van der Waals surface area contributed by atoms with Crippen LogP contribution >= 0.6 is 22.5 Å². The van der Waals surface area contributed by atoms with E-state index in [0.29, 0.717) is 5.92 Å². The van der Waals surface area contributed by atoms with Gasteiger partial charge in [0.2, 0.25) is 0 Å². The van der Waals surface area contributed by atoms with Gasteiger partial charge in [0.15, 0.2) is 0 Å². The zero-order valence-corrected chi connectivity index (χ0v) is 9.53. The van der Waals surface area contributed by atoms with Crippen molar-refractivity contribution in [2.45, 2.75) is 18.7 Å². The molecule has 2 nitrogen and oxygen atoms in total. The lowest BCUT2D eigenvalue weighted by molar-refractivity contribution is 0.685. The van der Waals surface area contributed by atoms with Crippen molar-refractivity contribution < 1.29 is 0 Å². The number of nitrogens with one attached hydrogen (secondary N) is 1. The molecule has 0 bridgehead atoms. The summed E-state index contributed by atoms with van der Waals surface area (Å²) < 4.78 is 0. The van der Waals surface area contributed by atoms with Crippen molar-refractivity contribution in [3.8, 4) is 0 Å². The Balaban J connectivity index is 2.64. The number of hydrogen-bond acceptors (Lipinski definition) is 4. The normalized spacial score (nSPS) is 10.5. The smallest absolute Gasteiger partial charge is 0.140 e. The third kappa shape index (κ3) is 3.48. The molecule has 1 N–H and O–H groups in total. The van der Waals surface area contributed by atoms with Gasteiger partial charge >= 0.3 is 0 Å². The van der Waals surface area contributed by atoms with Crippen LogP contribution in [0.4, 0.5) is 5.82 Å². The molecule has 0 aliphatic rings. The summed E-state index contributed by atoms with van der Waals surface area (Å²) in [6.45, 7) is 5.28. The number of anilines is 1. The molecule has 0 spiro atoms. The lowest BCUT2D eigenvalue weighted by Crippen LogP contribution is -2.09. The molecular weight excluding hydrogens is 200 g/mol. The van der Waals surface area contributed by atoms with Crippen LogP contribution in [0.15, 0.2) is 23.2 Å². The van der Waals surface area contributed by atoms with Gasteiger partial charge in [0.05, 0.1) is 4.90 Å². The Labute approximate surface area is 88.3 Å². The molecule has 0 radical (unpaired) electrons. The van der Waals surface area contributed by atoms with Crippen molar-refractivity contribution in [3.63, 3.8) is 0 Å². The van der Waals surface area contributed by atoms with Crippen LogP contribution in [-0.2, 0) is 0 Å². The molecule has 1 aromatic rings. The van der Waals surface area contributed by atoms with Crippen LogP contribution in [0.25, 0.3) is 0 Å². The van der Waals surface area contributed by atoms with Gasteiger partial charge in [0.25, 0.3) is 0 Å². The topological polar surface area (TPSA) is 24.9 Å². The molecular formula is C9H14N2S2. The van der Waals surface area contributed by atoms with Gasteiger partial charge in [-0.25, -0.2) is 4.98 Å². The van der Waals surface area contributed by atoms with E-state index in [9.17, 15) is 0 Å². The third-order valence-corrected chi connectivity index (χ3v) is 2.66. The first-order valence-corrected chi connectivity index (χ1v) is 6.11. The van der Waals surface area contributed by atoms with Crippen LogP contribution in [0.3, 0.4) is 0 Å². The second-order valence-corrected chi connectivity index (χ2v) is 4.39. The molecule has 13 heavy (non-hydrogen) atoms. The Morgan fingerprint density at radius 1 is 1.62 bits per heavy atom. The fraction of sp³-hybridized carbons (Fsp3) is 0.444. The Morgan fingerprint density at radius 3 is 3.00 bits per heavy atom. The maximum absolute atomic E-state index is 4.24. The summed E-state index contributed by atoms with van der Waals surface area (Å²) in [6, 6.07) is 3.92. The number of nitrogens with zero attached hydrogens (tertiary/aromatic N) is 1. The molecule has 1 rings (SSSR count). The SMILES string of the molecule is CC(C)CNc1ncccc1SS.